The molecule has 1 fully saturated rings. The van der Waals surface area contributed by atoms with Gasteiger partial charge in [-0.1, -0.05) is 0 Å². The maximum absolute atomic E-state index is 12.2. The number of nitrogens with one attached hydrogen (secondary N) is 2. The number of rotatable bonds is 6. The van der Waals surface area contributed by atoms with Crippen LogP contribution in [-0.4, -0.2) is 29.0 Å². The smallest absolute Gasteiger partial charge is 0.220 e. The molecule has 2 aromatic heterocycles. The van der Waals surface area contributed by atoms with Crippen LogP contribution in [0.3, 0.4) is 0 Å². The minimum Gasteiger partial charge on any atom is -0.347 e. The van der Waals surface area contributed by atoms with E-state index in [4.69, 9.17) is 0 Å². The first-order valence-corrected chi connectivity index (χ1v) is 9.46. The molecule has 1 saturated heterocycles. The van der Waals surface area contributed by atoms with E-state index in [9.17, 15) is 4.79 Å². The molecule has 1 aliphatic heterocycles. The normalized spacial score (nSPS) is 15.4. The fourth-order valence-corrected chi connectivity index (χ4v) is 3.86. The van der Waals surface area contributed by atoms with Crippen LogP contribution in [0.2, 0.25) is 0 Å². The third-order valence-corrected chi connectivity index (χ3v) is 5.51. The van der Waals surface area contributed by atoms with Crippen LogP contribution >= 0.6 is 36.2 Å². The molecule has 0 radical (unpaired) electrons. The van der Waals surface area contributed by atoms with E-state index in [0.717, 1.165) is 35.8 Å². The summed E-state index contributed by atoms with van der Waals surface area (Å²) in [6, 6.07) is 3.84. The lowest BCUT2D eigenvalue weighted by atomic mass is 9.93. The van der Waals surface area contributed by atoms with Crippen LogP contribution in [0.1, 0.15) is 43.7 Å². The number of piperidine rings is 1. The predicted molar refractivity (Wildman–Crippen MR) is 111 cm³/mol. The highest BCUT2D eigenvalue weighted by Gasteiger charge is 2.17. The zero-order valence-electron chi connectivity index (χ0n) is 14.8. The van der Waals surface area contributed by atoms with Gasteiger partial charge >= 0.3 is 0 Å². The molecule has 0 aliphatic carbocycles. The molecule has 1 aliphatic rings. The molecule has 0 spiro atoms. The van der Waals surface area contributed by atoms with Gasteiger partial charge in [0.25, 0.3) is 0 Å². The number of thiazole rings is 1. The largest absolute Gasteiger partial charge is 0.347 e. The van der Waals surface area contributed by atoms with E-state index in [1.54, 1.807) is 23.7 Å². The fraction of sp³-hybridized carbons (Fsp3) is 0.500. The molecule has 144 valence electrons. The summed E-state index contributed by atoms with van der Waals surface area (Å²) in [5, 5.41) is 9.41. The Morgan fingerprint density at radius 1 is 1.31 bits per heavy atom. The average Bonchev–Trinajstić information content (AvgIpc) is 3.12. The Morgan fingerprint density at radius 3 is 2.69 bits per heavy atom. The molecule has 3 heterocycles. The van der Waals surface area contributed by atoms with Crippen molar-refractivity contribution in [2.45, 2.75) is 38.6 Å². The van der Waals surface area contributed by atoms with E-state index in [1.165, 1.54) is 12.8 Å². The van der Waals surface area contributed by atoms with Crippen LogP contribution in [0, 0.1) is 5.92 Å². The molecule has 1 amide bonds. The highest BCUT2D eigenvalue weighted by atomic mass is 35.5. The number of pyridine rings is 1. The van der Waals surface area contributed by atoms with Gasteiger partial charge in [0.1, 0.15) is 5.01 Å². The quantitative estimate of drug-likeness (QED) is 0.746. The Balaban J connectivity index is 0.00000169. The van der Waals surface area contributed by atoms with Gasteiger partial charge in [0, 0.05) is 29.8 Å². The number of carbonyl (C=O) groups excluding carboxylic acids is 1. The fourth-order valence-electron chi connectivity index (χ4n) is 3.02. The van der Waals surface area contributed by atoms with Crippen molar-refractivity contribution < 1.29 is 4.79 Å². The molecule has 26 heavy (non-hydrogen) atoms. The van der Waals surface area contributed by atoms with Crippen molar-refractivity contribution in [2.24, 2.45) is 5.92 Å². The van der Waals surface area contributed by atoms with E-state index >= 15 is 0 Å². The summed E-state index contributed by atoms with van der Waals surface area (Å²) >= 11 is 1.59. The monoisotopic (exact) mass is 416 g/mol. The van der Waals surface area contributed by atoms with Gasteiger partial charge in [0.15, 0.2) is 0 Å². The molecule has 3 rings (SSSR count). The Hall–Kier alpha value is -1.21. The molecule has 0 aromatic carbocycles. The first kappa shape index (κ1) is 22.8. The summed E-state index contributed by atoms with van der Waals surface area (Å²) < 4.78 is 0. The molecule has 0 saturated carbocycles. The number of halogens is 2. The molecule has 1 atom stereocenters. The number of hydrogen-bond donors (Lipinski definition) is 2. The van der Waals surface area contributed by atoms with Crippen molar-refractivity contribution in [2.75, 3.05) is 13.1 Å². The summed E-state index contributed by atoms with van der Waals surface area (Å²) in [6.07, 6.45) is 7.49. The average molecular weight is 417 g/mol. The van der Waals surface area contributed by atoms with E-state index in [1.807, 2.05) is 24.4 Å². The van der Waals surface area contributed by atoms with E-state index in [0.29, 0.717) is 12.3 Å². The number of aromatic nitrogens is 2. The van der Waals surface area contributed by atoms with Crippen molar-refractivity contribution in [3.8, 4) is 11.3 Å². The van der Waals surface area contributed by atoms with Gasteiger partial charge in [-0.15, -0.1) is 36.2 Å². The van der Waals surface area contributed by atoms with Crippen molar-refractivity contribution in [1.29, 1.82) is 0 Å². The molecule has 5 nitrogen and oxygen atoms in total. The first-order chi connectivity index (χ1) is 11.7. The van der Waals surface area contributed by atoms with Crippen molar-refractivity contribution in [3.63, 3.8) is 0 Å². The van der Waals surface area contributed by atoms with Gasteiger partial charge in [-0.2, -0.15) is 0 Å². The standard InChI is InChI=1S/C18H24N4OS.2ClH/c1-13(21-17(23)3-2-14-4-8-19-9-5-14)18-22-16(12-24-18)15-6-10-20-11-7-15;;/h6-7,10-14,19H,2-5,8-9H2,1H3,(H,21,23);2*1H. The maximum Gasteiger partial charge on any atom is 0.220 e. The summed E-state index contributed by atoms with van der Waals surface area (Å²) in [5.74, 6) is 0.812. The highest BCUT2D eigenvalue weighted by Crippen LogP contribution is 2.25. The lowest BCUT2D eigenvalue weighted by Crippen LogP contribution is -2.30. The number of nitrogens with zero attached hydrogens (tertiary/aromatic N) is 2. The van der Waals surface area contributed by atoms with Crippen LogP contribution in [0.25, 0.3) is 11.3 Å². The summed E-state index contributed by atoms with van der Waals surface area (Å²) in [5.41, 5.74) is 1.99. The topological polar surface area (TPSA) is 66.9 Å². The molecular weight excluding hydrogens is 391 g/mol. The van der Waals surface area contributed by atoms with E-state index in [2.05, 4.69) is 20.6 Å². The lowest BCUT2D eigenvalue weighted by Gasteiger charge is -2.22. The second kappa shape index (κ2) is 11.5. The third-order valence-electron chi connectivity index (χ3n) is 4.48. The Labute approximate surface area is 171 Å². The zero-order chi connectivity index (χ0) is 16.8. The van der Waals surface area contributed by atoms with Crippen molar-refractivity contribution >= 4 is 42.1 Å². The summed E-state index contributed by atoms with van der Waals surface area (Å²) in [7, 11) is 0. The number of carbonyl (C=O) groups is 1. The van der Waals surface area contributed by atoms with Gasteiger partial charge in [-0.3, -0.25) is 9.78 Å². The molecule has 1 unspecified atom stereocenters. The molecule has 8 heteroatoms. The summed E-state index contributed by atoms with van der Waals surface area (Å²) in [4.78, 5) is 20.9. The van der Waals surface area contributed by atoms with Crippen LogP contribution in [0.5, 0.6) is 0 Å². The SMILES string of the molecule is CC(NC(=O)CCC1CCNCC1)c1nc(-c2ccncc2)cs1.Cl.Cl. The molecule has 0 bridgehead atoms. The Kier molecular flexibility index (Phi) is 10.1. The highest BCUT2D eigenvalue weighted by molar-refractivity contribution is 7.10. The Bertz CT molecular complexity index is 662. The molecular formula is C18H26Cl2N4OS. The van der Waals surface area contributed by atoms with Gasteiger partial charge in [0.05, 0.1) is 11.7 Å². The maximum atomic E-state index is 12.2. The van der Waals surface area contributed by atoms with Crippen molar-refractivity contribution in [1.82, 2.24) is 20.6 Å². The first-order valence-electron chi connectivity index (χ1n) is 8.58. The second-order valence-corrected chi connectivity index (χ2v) is 7.22. The Morgan fingerprint density at radius 2 is 2.00 bits per heavy atom. The van der Waals surface area contributed by atoms with E-state index < -0.39 is 0 Å². The van der Waals surface area contributed by atoms with Crippen LogP contribution in [-0.2, 0) is 4.79 Å². The summed E-state index contributed by atoms with van der Waals surface area (Å²) in [6.45, 7) is 4.16. The molecule has 2 aromatic rings. The second-order valence-electron chi connectivity index (χ2n) is 6.33. The van der Waals surface area contributed by atoms with Crippen LogP contribution < -0.4 is 10.6 Å². The third kappa shape index (κ3) is 6.50. The lowest BCUT2D eigenvalue weighted by molar-refractivity contribution is -0.122. The number of hydrogen-bond acceptors (Lipinski definition) is 5. The van der Waals surface area contributed by atoms with E-state index in [-0.39, 0.29) is 36.8 Å². The van der Waals surface area contributed by atoms with Gasteiger partial charge in [0.2, 0.25) is 5.91 Å². The predicted octanol–water partition coefficient (Wildman–Crippen LogP) is 4.01. The number of amides is 1. The minimum absolute atomic E-state index is 0. The van der Waals surface area contributed by atoms with Crippen molar-refractivity contribution in [3.05, 3.63) is 34.9 Å². The van der Waals surface area contributed by atoms with Crippen LogP contribution in [0.15, 0.2) is 29.9 Å². The zero-order valence-corrected chi connectivity index (χ0v) is 17.3. The minimum atomic E-state index is -0.0499. The van der Waals surface area contributed by atoms with Gasteiger partial charge in [-0.05, 0) is 57.3 Å². The van der Waals surface area contributed by atoms with Gasteiger partial charge < -0.3 is 10.6 Å². The van der Waals surface area contributed by atoms with Crippen LogP contribution in [0.4, 0.5) is 0 Å². The van der Waals surface area contributed by atoms with Gasteiger partial charge in [-0.25, -0.2) is 4.98 Å². The molecule has 2 N–H and O–H groups in total.